The van der Waals surface area contributed by atoms with Crippen LogP contribution in [0.2, 0.25) is 0 Å². The van der Waals surface area contributed by atoms with Crippen LogP contribution in [0.25, 0.3) is 16.6 Å². The molecule has 2 N–H and O–H groups in total. The quantitative estimate of drug-likeness (QED) is 0.764. The van der Waals surface area contributed by atoms with Gasteiger partial charge < -0.3 is 15.2 Å². The monoisotopic (exact) mass is 268 g/mol. The van der Waals surface area contributed by atoms with Crippen molar-refractivity contribution in [3.8, 4) is 17.3 Å². The third-order valence-corrected chi connectivity index (χ3v) is 3.36. The smallest absolute Gasteiger partial charge is 0.231 e. The highest BCUT2D eigenvalue weighted by Gasteiger charge is 2.17. The molecule has 0 bridgehead atoms. The molecule has 1 aliphatic heterocycles. The van der Waals surface area contributed by atoms with Crippen LogP contribution >= 0.6 is 0 Å². The van der Waals surface area contributed by atoms with Crippen molar-refractivity contribution in [1.29, 1.82) is 0 Å². The fraction of sp³-hybridized carbons (Fsp3) is 0.143. The summed E-state index contributed by atoms with van der Waals surface area (Å²) in [5.41, 5.74) is 5.71. The zero-order valence-electron chi connectivity index (χ0n) is 10.6. The van der Waals surface area contributed by atoms with E-state index in [1.807, 2.05) is 29.0 Å². The Morgan fingerprint density at radius 2 is 2.00 bits per heavy atom. The molecule has 0 radical (unpaired) electrons. The third-order valence-electron chi connectivity index (χ3n) is 3.36. The zero-order valence-corrected chi connectivity index (χ0v) is 10.6. The molecule has 100 valence electrons. The van der Waals surface area contributed by atoms with E-state index in [1.165, 1.54) is 0 Å². The van der Waals surface area contributed by atoms with Gasteiger partial charge in [-0.25, -0.2) is 9.97 Å². The van der Waals surface area contributed by atoms with Gasteiger partial charge in [-0.2, -0.15) is 0 Å². The topological polar surface area (TPSA) is 75.2 Å². The Hall–Kier alpha value is -2.60. The molecule has 0 spiro atoms. The molecule has 1 aromatic carbocycles. The molecule has 4 rings (SSSR count). The molecule has 0 aliphatic carbocycles. The van der Waals surface area contributed by atoms with E-state index < -0.39 is 0 Å². The van der Waals surface area contributed by atoms with Gasteiger partial charge in [0, 0.05) is 24.0 Å². The molecule has 1 aliphatic rings. The Bertz CT molecular complexity index is 797. The highest BCUT2D eigenvalue weighted by atomic mass is 16.7. The number of imidazole rings is 1. The molecular formula is C14H12N4O2. The van der Waals surface area contributed by atoms with Crippen LogP contribution in [0, 0.1) is 0 Å². The molecular weight excluding hydrogens is 256 g/mol. The first-order valence-corrected chi connectivity index (χ1v) is 6.28. The Morgan fingerprint density at radius 1 is 1.15 bits per heavy atom. The lowest BCUT2D eigenvalue weighted by molar-refractivity contribution is 0.174. The minimum absolute atomic E-state index is 0.257. The van der Waals surface area contributed by atoms with E-state index in [9.17, 15) is 0 Å². The molecule has 0 atom stereocenters. The van der Waals surface area contributed by atoms with Crippen molar-refractivity contribution in [3.05, 3.63) is 42.6 Å². The van der Waals surface area contributed by atoms with Gasteiger partial charge in [-0.05, 0) is 23.6 Å². The van der Waals surface area contributed by atoms with Gasteiger partial charge in [0.05, 0.1) is 6.54 Å². The van der Waals surface area contributed by atoms with Gasteiger partial charge in [0.1, 0.15) is 11.6 Å². The first-order chi connectivity index (χ1) is 9.86. The number of ether oxygens (including phenoxy) is 2. The lowest BCUT2D eigenvalue weighted by Crippen LogP contribution is -2.07. The molecule has 6 nitrogen and oxygen atoms in total. The van der Waals surface area contributed by atoms with E-state index in [4.69, 9.17) is 15.2 Å². The lowest BCUT2D eigenvalue weighted by Gasteiger charge is -2.09. The summed E-state index contributed by atoms with van der Waals surface area (Å²) in [6.07, 6.45) is 5.34. The standard InChI is InChI=1S/C14H12N4O2/c15-7-13-16-3-4-18(13)14-10-6-12-11(19-8-20-12)5-9(10)1-2-17-14/h1-6H,7-8,15H2. The van der Waals surface area contributed by atoms with Crippen molar-refractivity contribution in [1.82, 2.24) is 14.5 Å². The SMILES string of the molecule is NCc1nccn1-c1nccc2cc3c(cc12)OCO3. The fourth-order valence-electron chi connectivity index (χ4n) is 2.42. The van der Waals surface area contributed by atoms with Crippen LogP contribution in [-0.2, 0) is 6.54 Å². The van der Waals surface area contributed by atoms with Gasteiger partial charge in [0.25, 0.3) is 0 Å². The fourth-order valence-corrected chi connectivity index (χ4v) is 2.42. The van der Waals surface area contributed by atoms with E-state index in [2.05, 4.69) is 9.97 Å². The van der Waals surface area contributed by atoms with Crippen molar-refractivity contribution in [2.24, 2.45) is 5.73 Å². The average Bonchev–Trinajstić information content (AvgIpc) is 3.12. The molecule has 3 heterocycles. The first-order valence-electron chi connectivity index (χ1n) is 6.28. The second kappa shape index (κ2) is 4.21. The molecule has 0 fully saturated rings. The van der Waals surface area contributed by atoms with Gasteiger partial charge in [-0.3, -0.25) is 4.57 Å². The Kier molecular flexibility index (Phi) is 2.37. The highest BCUT2D eigenvalue weighted by Crippen LogP contribution is 2.37. The van der Waals surface area contributed by atoms with Crippen LogP contribution < -0.4 is 15.2 Å². The number of nitrogens with two attached hydrogens (primary N) is 1. The van der Waals surface area contributed by atoms with Gasteiger partial charge >= 0.3 is 0 Å². The number of aromatic nitrogens is 3. The Morgan fingerprint density at radius 3 is 2.85 bits per heavy atom. The maximum atomic E-state index is 5.71. The number of fused-ring (bicyclic) bond motifs is 2. The lowest BCUT2D eigenvalue weighted by atomic mass is 10.1. The molecule has 6 heteroatoms. The normalized spacial score (nSPS) is 13.1. The summed E-state index contributed by atoms with van der Waals surface area (Å²) in [5, 5.41) is 2.01. The zero-order chi connectivity index (χ0) is 13.5. The van der Waals surface area contributed by atoms with Crippen molar-refractivity contribution >= 4 is 10.8 Å². The van der Waals surface area contributed by atoms with E-state index in [0.717, 1.165) is 33.9 Å². The van der Waals surface area contributed by atoms with Gasteiger partial charge in [-0.15, -0.1) is 0 Å². The summed E-state index contributed by atoms with van der Waals surface area (Å²) < 4.78 is 12.7. The summed E-state index contributed by atoms with van der Waals surface area (Å²) >= 11 is 0. The summed E-state index contributed by atoms with van der Waals surface area (Å²) in [6.45, 7) is 0.614. The molecule has 3 aromatic rings. The number of benzene rings is 1. The minimum Gasteiger partial charge on any atom is -0.454 e. The van der Waals surface area contributed by atoms with Crippen LogP contribution in [0.3, 0.4) is 0 Å². The number of nitrogens with zero attached hydrogens (tertiary/aromatic N) is 3. The molecule has 0 unspecified atom stereocenters. The van der Waals surface area contributed by atoms with Crippen LogP contribution in [0.1, 0.15) is 5.82 Å². The largest absolute Gasteiger partial charge is 0.454 e. The molecule has 2 aromatic heterocycles. The van der Waals surface area contributed by atoms with Crippen molar-refractivity contribution in [2.45, 2.75) is 6.54 Å². The van der Waals surface area contributed by atoms with E-state index in [0.29, 0.717) is 6.54 Å². The van der Waals surface area contributed by atoms with Crippen LogP contribution in [0.4, 0.5) is 0 Å². The maximum Gasteiger partial charge on any atom is 0.231 e. The summed E-state index contributed by atoms with van der Waals surface area (Å²) in [5.74, 6) is 3.06. The summed E-state index contributed by atoms with van der Waals surface area (Å²) in [7, 11) is 0. The predicted octanol–water partition coefficient (Wildman–Crippen LogP) is 1.61. The van der Waals surface area contributed by atoms with Gasteiger partial charge in [0.2, 0.25) is 6.79 Å². The van der Waals surface area contributed by atoms with Crippen LogP contribution in [-0.4, -0.2) is 21.3 Å². The second-order valence-electron chi connectivity index (χ2n) is 4.48. The highest BCUT2D eigenvalue weighted by molar-refractivity contribution is 5.91. The van der Waals surface area contributed by atoms with Crippen LogP contribution in [0.15, 0.2) is 36.8 Å². The minimum atomic E-state index is 0.257. The molecule has 0 saturated carbocycles. The maximum absolute atomic E-state index is 5.71. The van der Waals surface area contributed by atoms with E-state index in [1.54, 1.807) is 12.4 Å². The van der Waals surface area contributed by atoms with Crippen molar-refractivity contribution in [3.63, 3.8) is 0 Å². The molecule has 0 amide bonds. The number of rotatable bonds is 2. The summed E-state index contributed by atoms with van der Waals surface area (Å²) in [4.78, 5) is 8.69. The molecule has 0 saturated heterocycles. The second-order valence-corrected chi connectivity index (χ2v) is 4.48. The molecule has 20 heavy (non-hydrogen) atoms. The average molecular weight is 268 g/mol. The Labute approximate surface area is 114 Å². The van der Waals surface area contributed by atoms with Gasteiger partial charge in [-0.1, -0.05) is 0 Å². The van der Waals surface area contributed by atoms with Gasteiger partial charge in [0.15, 0.2) is 11.5 Å². The Balaban J connectivity index is 2.00. The first kappa shape index (κ1) is 11.2. The van der Waals surface area contributed by atoms with E-state index >= 15 is 0 Å². The third kappa shape index (κ3) is 1.55. The van der Waals surface area contributed by atoms with Crippen LogP contribution in [0.5, 0.6) is 11.5 Å². The van der Waals surface area contributed by atoms with E-state index in [-0.39, 0.29) is 6.79 Å². The predicted molar refractivity (Wildman–Crippen MR) is 72.9 cm³/mol. The van der Waals surface area contributed by atoms with Crippen molar-refractivity contribution < 1.29 is 9.47 Å². The number of hydrogen-bond donors (Lipinski definition) is 1. The van der Waals surface area contributed by atoms with Crippen molar-refractivity contribution in [2.75, 3.05) is 6.79 Å². The summed E-state index contributed by atoms with van der Waals surface area (Å²) in [6, 6.07) is 5.85. The number of hydrogen-bond acceptors (Lipinski definition) is 5. The number of pyridine rings is 1.